The Morgan fingerprint density at radius 2 is 1.85 bits per heavy atom. The molecule has 1 heterocycles. The summed E-state index contributed by atoms with van der Waals surface area (Å²) in [6.07, 6.45) is 4.31. The van der Waals surface area contributed by atoms with Gasteiger partial charge in [0.2, 0.25) is 0 Å². The number of hydrogen-bond donors (Lipinski definition) is 1. The van der Waals surface area contributed by atoms with E-state index in [1.807, 2.05) is 38.2 Å². The van der Waals surface area contributed by atoms with E-state index in [9.17, 15) is 9.90 Å². The normalized spacial score (nSPS) is 42.4. The smallest absolute Gasteiger partial charge is 0.194 e. The molecule has 0 aromatic heterocycles. The fourth-order valence-electron chi connectivity index (χ4n) is 5.09. The summed E-state index contributed by atoms with van der Waals surface area (Å²) >= 11 is 0. The van der Waals surface area contributed by atoms with E-state index in [1.54, 1.807) is 0 Å². The van der Waals surface area contributed by atoms with Crippen LogP contribution in [-0.2, 0) is 10.4 Å². The molecule has 1 aromatic carbocycles. The highest BCUT2D eigenvalue weighted by molar-refractivity contribution is 6.05. The highest BCUT2D eigenvalue weighted by Crippen LogP contribution is 2.61. The number of carbonyl (C=O) groups excluding carboxylic acids is 1. The number of carbonyl (C=O) groups is 1. The van der Waals surface area contributed by atoms with Crippen molar-refractivity contribution >= 4 is 11.5 Å². The van der Waals surface area contributed by atoms with E-state index < -0.39 is 11.1 Å². The van der Waals surface area contributed by atoms with Crippen molar-refractivity contribution in [2.75, 3.05) is 11.9 Å². The summed E-state index contributed by atoms with van der Waals surface area (Å²) < 4.78 is 0. The van der Waals surface area contributed by atoms with Gasteiger partial charge >= 0.3 is 0 Å². The lowest BCUT2D eigenvalue weighted by Gasteiger charge is -2.45. The van der Waals surface area contributed by atoms with E-state index in [0.717, 1.165) is 30.5 Å². The predicted molar refractivity (Wildman–Crippen MR) is 77.6 cm³/mol. The molecule has 2 aliphatic carbocycles. The molecule has 0 amide bonds. The maximum Gasteiger partial charge on any atom is 0.194 e. The van der Waals surface area contributed by atoms with E-state index in [1.165, 1.54) is 6.42 Å². The molecule has 20 heavy (non-hydrogen) atoms. The molecule has 1 aromatic rings. The third-order valence-corrected chi connectivity index (χ3v) is 6.20. The molecule has 0 spiro atoms. The maximum atomic E-state index is 13.1. The SMILES string of the molecule is CN1c2ccccc2[C@@]2(O)C(=O)[C@]1(C)[C@H]1CCCC[C@H]12. The molecular weight excluding hydrogens is 250 g/mol. The van der Waals surface area contributed by atoms with Crippen LogP contribution in [-0.4, -0.2) is 23.5 Å². The van der Waals surface area contributed by atoms with Crippen LogP contribution in [0.4, 0.5) is 5.69 Å². The number of fused-ring (bicyclic) bond motifs is 7. The number of ketones is 1. The molecule has 1 N–H and O–H groups in total. The van der Waals surface area contributed by atoms with Crippen LogP contribution in [0.25, 0.3) is 0 Å². The van der Waals surface area contributed by atoms with Crippen molar-refractivity contribution in [2.24, 2.45) is 11.8 Å². The lowest BCUT2D eigenvalue weighted by Crippen LogP contribution is -2.58. The van der Waals surface area contributed by atoms with Crippen LogP contribution in [0.15, 0.2) is 24.3 Å². The zero-order valence-electron chi connectivity index (χ0n) is 12.1. The topological polar surface area (TPSA) is 40.5 Å². The van der Waals surface area contributed by atoms with Crippen LogP contribution in [0.3, 0.4) is 0 Å². The molecule has 3 heteroatoms. The van der Waals surface area contributed by atoms with Gasteiger partial charge in [0.05, 0.1) is 0 Å². The number of hydrogen-bond acceptors (Lipinski definition) is 3. The molecule has 2 fully saturated rings. The summed E-state index contributed by atoms with van der Waals surface area (Å²) in [5, 5.41) is 11.3. The van der Waals surface area contributed by atoms with Crippen molar-refractivity contribution in [1.82, 2.24) is 0 Å². The lowest BCUT2D eigenvalue weighted by atomic mass is 9.72. The Labute approximate surface area is 119 Å². The first-order valence-corrected chi connectivity index (χ1v) is 7.63. The Hall–Kier alpha value is -1.35. The molecule has 106 valence electrons. The number of anilines is 1. The van der Waals surface area contributed by atoms with Crippen molar-refractivity contribution < 1.29 is 9.90 Å². The third-order valence-electron chi connectivity index (χ3n) is 6.20. The number of nitrogens with zero attached hydrogens (tertiary/aromatic N) is 1. The monoisotopic (exact) mass is 271 g/mol. The summed E-state index contributed by atoms with van der Waals surface area (Å²) in [4.78, 5) is 15.2. The van der Waals surface area contributed by atoms with E-state index in [0.29, 0.717) is 0 Å². The van der Waals surface area contributed by atoms with Gasteiger partial charge in [0.1, 0.15) is 5.54 Å². The number of rotatable bonds is 0. The standard InChI is InChI=1S/C17H21NO2/c1-16-11-7-3-4-8-12(11)17(20,15(16)19)13-9-5-6-10-14(13)18(16)2/h5-6,9-12,20H,3-4,7-8H2,1-2H3/t11-,12+,16-,17+/m0/s1. The first-order valence-electron chi connectivity index (χ1n) is 7.63. The Balaban J connectivity index is 2.03. The average Bonchev–Trinajstić information content (AvgIpc) is 2.63. The fraction of sp³-hybridized carbons (Fsp3) is 0.588. The summed E-state index contributed by atoms with van der Waals surface area (Å²) in [7, 11) is 2.01. The fourth-order valence-corrected chi connectivity index (χ4v) is 5.09. The van der Waals surface area contributed by atoms with Gasteiger partial charge in [0.25, 0.3) is 0 Å². The van der Waals surface area contributed by atoms with E-state index in [-0.39, 0.29) is 17.6 Å². The van der Waals surface area contributed by atoms with Crippen LogP contribution in [0.2, 0.25) is 0 Å². The minimum Gasteiger partial charge on any atom is -0.377 e. The van der Waals surface area contributed by atoms with Crippen LogP contribution < -0.4 is 4.90 Å². The highest BCUT2D eigenvalue weighted by Gasteiger charge is 2.70. The molecule has 2 saturated carbocycles. The maximum absolute atomic E-state index is 13.1. The Morgan fingerprint density at radius 1 is 1.20 bits per heavy atom. The van der Waals surface area contributed by atoms with Gasteiger partial charge in [0, 0.05) is 24.2 Å². The quantitative estimate of drug-likeness (QED) is 0.788. The van der Waals surface area contributed by atoms with Crippen LogP contribution in [0, 0.1) is 11.8 Å². The van der Waals surface area contributed by atoms with Crippen molar-refractivity contribution in [2.45, 2.75) is 43.7 Å². The summed E-state index contributed by atoms with van der Waals surface area (Å²) in [5.74, 6) is 0.370. The predicted octanol–water partition coefficient (Wildman–Crippen LogP) is 2.47. The van der Waals surface area contributed by atoms with Crippen molar-refractivity contribution in [3.8, 4) is 0 Å². The minimum atomic E-state index is -1.26. The van der Waals surface area contributed by atoms with Crippen molar-refractivity contribution in [3.63, 3.8) is 0 Å². The van der Waals surface area contributed by atoms with Gasteiger partial charge in [-0.05, 0) is 31.7 Å². The van der Waals surface area contributed by atoms with Gasteiger partial charge in [-0.25, -0.2) is 0 Å². The van der Waals surface area contributed by atoms with Crippen molar-refractivity contribution in [3.05, 3.63) is 29.8 Å². The largest absolute Gasteiger partial charge is 0.377 e. The molecule has 2 bridgehead atoms. The molecule has 4 rings (SSSR count). The van der Waals surface area contributed by atoms with Gasteiger partial charge in [-0.2, -0.15) is 0 Å². The van der Waals surface area contributed by atoms with Gasteiger partial charge in [-0.15, -0.1) is 0 Å². The number of Topliss-reactive ketones (excluding diaryl/α,β-unsaturated/α-hetero) is 1. The first kappa shape index (κ1) is 12.4. The Morgan fingerprint density at radius 3 is 2.60 bits per heavy atom. The van der Waals surface area contributed by atoms with Gasteiger partial charge < -0.3 is 10.0 Å². The summed E-state index contributed by atoms with van der Waals surface area (Å²) in [6, 6.07) is 7.88. The van der Waals surface area contributed by atoms with Gasteiger partial charge in [0.15, 0.2) is 11.4 Å². The first-order chi connectivity index (χ1) is 9.52. The van der Waals surface area contributed by atoms with Crippen LogP contribution in [0.1, 0.15) is 38.2 Å². The molecule has 1 aliphatic heterocycles. The second kappa shape index (κ2) is 3.64. The number of para-hydroxylation sites is 1. The molecule has 3 nitrogen and oxygen atoms in total. The second-order valence-corrected chi connectivity index (χ2v) is 6.82. The Bertz CT molecular complexity index is 598. The molecule has 4 atom stereocenters. The number of aliphatic hydroxyl groups is 1. The Kier molecular flexibility index (Phi) is 2.26. The molecule has 3 aliphatic rings. The average molecular weight is 271 g/mol. The zero-order valence-corrected chi connectivity index (χ0v) is 12.1. The summed E-state index contributed by atoms with van der Waals surface area (Å²) in [6.45, 7) is 2.03. The van der Waals surface area contributed by atoms with E-state index in [2.05, 4.69) is 4.90 Å². The van der Waals surface area contributed by atoms with E-state index in [4.69, 9.17) is 0 Å². The zero-order chi connectivity index (χ0) is 14.1. The molecule has 0 saturated heterocycles. The van der Waals surface area contributed by atoms with Crippen molar-refractivity contribution in [1.29, 1.82) is 0 Å². The van der Waals surface area contributed by atoms with Gasteiger partial charge in [-0.1, -0.05) is 31.0 Å². The lowest BCUT2D eigenvalue weighted by molar-refractivity contribution is -0.142. The molecular formula is C17H21NO2. The third kappa shape index (κ3) is 1.11. The minimum absolute atomic E-state index is 0.0168. The van der Waals surface area contributed by atoms with E-state index >= 15 is 0 Å². The summed E-state index contributed by atoms with van der Waals surface area (Å²) in [5.41, 5.74) is 0.0304. The second-order valence-electron chi connectivity index (χ2n) is 6.82. The highest BCUT2D eigenvalue weighted by atomic mass is 16.3. The number of benzene rings is 1. The number of likely N-dealkylation sites (N-methyl/N-ethyl adjacent to an activating group) is 1. The van der Waals surface area contributed by atoms with Crippen LogP contribution >= 0.6 is 0 Å². The molecule has 0 unspecified atom stereocenters. The van der Waals surface area contributed by atoms with Crippen LogP contribution in [0.5, 0.6) is 0 Å². The molecule has 0 radical (unpaired) electrons. The van der Waals surface area contributed by atoms with Gasteiger partial charge in [-0.3, -0.25) is 4.79 Å².